The summed E-state index contributed by atoms with van der Waals surface area (Å²) < 4.78 is 2.71. The van der Waals surface area contributed by atoms with Crippen LogP contribution in [0.15, 0.2) is 71.6 Å². The zero-order valence-electron chi connectivity index (χ0n) is 16.8. The maximum atomic E-state index is 13.0. The Hall–Kier alpha value is -3.19. The van der Waals surface area contributed by atoms with Crippen LogP contribution in [0.5, 0.6) is 0 Å². The predicted molar refractivity (Wildman–Crippen MR) is 124 cm³/mol. The number of anilines is 2. The van der Waals surface area contributed by atoms with E-state index < -0.39 is 0 Å². The first-order valence-electron chi connectivity index (χ1n) is 9.73. The number of para-hydroxylation sites is 1. The molecule has 0 radical (unpaired) electrons. The summed E-state index contributed by atoms with van der Waals surface area (Å²) in [5.41, 5.74) is 4.08. The highest BCUT2D eigenvalue weighted by Gasteiger charge is 2.12. The van der Waals surface area contributed by atoms with E-state index in [2.05, 4.69) is 50.5 Å². The van der Waals surface area contributed by atoms with E-state index in [0.717, 1.165) is 32.4 Å². The first-order valence-corrected chi connectivity index (χ1v) is 10.5. The van der Waals surface area contributed by atoms with Crippen molar-refractivity contribution in [3.8, 4) is 0 Å². The summed E-state index contributed by atoms with van der Waals surface area (Å²) in [4.78, 5) is 17.1. The fourth-order valence-electron chi connectivity index (χ4n) is 3.17. The number of aromatic nitrogens is 3. The molecule has 6 nitrogen and oxygen atoms in total. The minimum Gasteiger partial charge on any atom is -0.380 e. The van der Waals surface area contributed by atoms with Gasteiger partial charge < -0.3 is 10.6 Å². The number of fused-ring (bicyclic) bond motifs is 1. The lowest BCUT2D eigenvalue weighted by Crippen LogP contribution is -2.14. The third-order valence-corrected chi connectivity index (χ3v) is 5.19. The molecule has 0 spiro atoms. The minimum absolute atomic E-state index is 0.162. The lowest BCUT2D eigenvalue weighted by Gasteiger charge is -2.12. The third kappa shape index (κ3) is 4.52. The van der Waals surface area contributed by atoms with Crippen molar-refractivity contribution < 1.29 is 4.79 Å². The largest absolute Gasteiger partial charge is 0.380 e. The summed E-state index contributed by atoms with van der Waals surface area (Å²) in [7, 11) is 0. The average molecular weight is 464 g/mol. The van der Waals surface area contributed by atoms with Gasteiger partial charge in [0.1, 0.15) is 4.60 Å². The number of carbonyl (C=O) groups is 1. The van der Waals surface area contributed by atoms with Crippen molar-refractivity contribution in [3.63, 3.8) is 0 Å². The molecule has 7 heteroatoms. The van der Waals surface area contributed by atoms with Gasteiger partial charge in [-0.3, -0.25) is 9.48 Å². The second kappa shape index (κ2) is 8.67. The van der Waals surface area contributed by atoms with Crippen LogP contribution in [0, 0.1) is 0 Å². The first kappa shape index (κ1) is 20.1. The van der Waals surface area contributed by atoms with Crippen molar-refractivity contribution in [2.45, 2.75) is 26.4 Å². The number of nitrogens with zero attached hydrogens (tertiary/aromatic N) is 3. The van der Waals surface area contributed by atoms with Gasteiger partial charge >= 0.3 is 0 Å². The molecule has 0 saturated carbocycles. The molecule has 0 fully saturated rings. The van der Waals surface area contributed by atoms with E-state index >= 15 is 0 Å². The summed E-state index contributed by atoms with van der Waals surface area (Å²) in [6.45, 7) is 4.76. The number of rotatable bonds is 6. The van der Waals surface area contributed by atoms with Gasteiger partial charge in [0.2, 0.25) is 0 Å². The van der Waals surface area contributed by atoms with Crippen molar-refractivity contribution >= 4 is 44.1 Å². The summed E-state index contributed by atoms with van der Waals surface area (Å²) >= 11 is 3.38. The van der Waals surface area contributed by atoms with E-state index in [-0.39, 0.29) is 11.9 Å². The highest BCUT2D eigenvalue weighted by Crippen LogP contribution is 2.22. The van der Waals surface area contributed by atoms with E-state index in [1.165, 1.54) is 0 Å². The van der Waals surface area contributed by atoms with Crippen molar-refractivity contribution in [2.75, 3.05) is 10.6 Å². The fourth-order valence-corrected chi connectivity index (χ4v) is 3.58. The Labute approximate surface area is 183 Å². The maximum Gasteiger partial charge on any atom is 0.257 e. The molecule has 2 heterocycles. The quantitative estimate of drug-likeness (QED) is 0.363. The molecule has 0 bridgehead atoms. The summed E-state index contributed by atoms with van der Waals surface area (Å²) in [5, 5.41) is 11.9. The molecule has 1 amide bonds. The number of carbonyl (C=O) groups excluding carboxylic acids is 1. The molecule has 4 aromatic rings. The zero-order chi connectivity index (χ0) is 21.1. The first-order chi connectivity index (χ1) is 14.5. The van der Waals surface area contributed by atoms with Crippen LogP contribution in [0.3, 0.4) is 0 Å². The molecule has 4 rings (SSSR count). The van der Waals surface area contributed by atoms with Crippen LogP contribution in [0.4, 0.5) is 11.4 Å². The van der Waals surface area contributed by atoms with Crippen LogP contribution in [0.1, 0.15) is 35.8 Å². The number of amides is 1. The highest BCUT2D eigenvalue weighted by atomic mass is 79.9. The van der Waals surface area contributed by atoms with Crippen LogP contribution < -0.4 is 10.6 Å². The van der Waals surface area contributed by atoms with Gasteiger partial charge in [-0.1, -0.05) is 12.1 Å². The molecule has 0 aliphatic carbocycles. The van der Waals surface area contributed by atoms with Crippen molar-refractivity contribution in [2.24, 2.45) is 0 Å². The van der Waals surface area contributed by atoms with Gasteiger partial charge in [-0.25, -0.2) is 4.98 Å². The smallest absolute Gasteiger partial charge is 0.257 e. The zero-order valence-corrected chi connectivity index (χ0v) is 18.3. The second-order valence-electron chi connectivity index (χ2n) is 7.32. The van der Waals surface area contributed by atoms with E-state index in [0.29, 0.717) is 12.1 Å². The summed E-state index contributed by atoms with van der Waals surface area (Å²) in [6.07, 6.45) is 3.75. The standard InChI is InChI=1S/C23H22BrN5O/c1-15(2)29-14-17-12-18(7-8-20(17)28-29)27-23(30)19-5-3-4-6-21(19)26-13-16-9-10-25-22(24)11-16/h3-12,14-15,26H,13H2,1-2H3,(H,27,30). The van der Waals surface area contributed by atoms with Gasteiger partial charge in [-0.15, -0.1) is 0 Å². The highest BCUT2D eigenvalue weighted by molar-refractivity contribution is 9.10. The Morgan fingerprint density at radius 2 is 1.97 bits per heavy atom. The second-order valence-corrected chi connectivity index (χ2v) is 8.13. The predicted octanol–water partition coefficient (Wildman–Crippen LogP) is 5.64. The number of benzene rings is 2. The lowest BCUT2D eigenvalue weighted by molar-refractivity contribution is 0.102. The summed E-state index contributed by atoms with van der Waals surface area (Å²) in [6, 6.07) is 17.4. The number of hydrogen-bond donors (Lipinski definition) is 2. The normalized spacial score (nSPS) is 11.1. The van der Waals surface area contributed by atoms with Gasteiger partial charge in [0.15, 0.2) is 0 Å². The molecule has 0 atom stereocenters. The minimum atomic E-state index is -0.162. The van der Waals surface area contributed by atoms with Crippen LogP contribution in [-0.2, 0) is 6.54 Å². The Kier molecular flexibility index (Phi) is 5.81. The van der Waals surface area contributed by atoms with Gasteiger partial charge in [0.05, 0.1) is 11.1 Å². The average Bonchev–Trinajstić information content (AvgIpc) is 3.16. The molecule has 2 aromatic carbocycles. The van der Waals surface area contributed by atoms with Crippen LogP contribution in [0.2, 0.25) is 0 Å². The number of nitrogens with one attached hydrogen (secondary N) is 2. The topological polar surface area (TPSA) is 71.8 Å². The van der Waals surface area contributed by atoms with Crippen molar-refractivity contribution in [1.29, 1.82) is 0 Å². The fraction of sp³-hybridized carbons (Fsp3) is 0.174. The molecule has 152 valence electrons. The van der Waals surface area contributed by atoms with E-state index in [9.17, 15) is 4.79 Å². The SMILES string of the molecule is CC(C)n1cc2cc(NC(=O)c3ccccc3NCc3ccnc(Br)c3)ccc2n1. The van der Waals surface area contributed by atoms with E-state index in [1.807, 2.05) is 65.5 Å². The number of halogens is 1. The Balaban J connectivity index is 1.51. The maximum absolute atomic E-state index is 13.0. The Morgan fingerprint density at radius 1 is 1.13 bits per heavy atom. The molecule has 0 aliphatic heterocycles. The van der Waals surface area contributed by atoms with Crippen LogP contribution >= 0.6 is 15.9 Å². The van der Waals surface area contributed by atoms with Gasteiger partial charge in [0.25, 0.3) is 5.91 Å². The molecule has 2 aromatic heterocycles. The Bertz CT molecular complexity index is 1200. The summed E-state index contributed by atoms with van der Waals surface area (Å²) in [5.74, 6) is -0.162. The monoisotopic (exact) mass is 463 g/mol. The lowest BCUT2D eigenvalue weighted by atomic mass is 10.1. The van der Waals surface area contributed by atoms with Gasteiger partial charge in [0, 0.05) is 41.7 Å². The number of pyridine rings is 1. The van der Waals surface area contributed by atoms with Gasteiger partial charge in [-0.2, -0.15) is 5.10 Å². The van der Waals surface area contributed by atoms with Gasteiger partial charge in [-0.05, 0) is 77.8 Å². The van der Waals surface area contributed by atoms with Crippen molar-refractivity contribution in [3.05, 3.63) is 82.7 Å². The van der Waals surface area contributed by atoms with E-state index in [1.54, 1.807) is 6.20 Å². The molecule has 30 heavy (non-hydrogen) atoms. The molecule has 0 aliphatic rings. The molecular formula is C23H22BrN5O. The number of hydrogen-bond acceptors (Lipinski definition) is 4. The van der Waals surface area contributed by atoms with Crippen LogP contribution in [-0.4, -0.2) is 20.7 Å². The van der Waals surface area contributed by atoms with E-state index in [4.69, 9.17) is 0 Å². The Morgan fingerprint density at radius 3 is 2.77 bits per heavy atom. The van der Waals surface area contributed by atoms with Crippen LogP contribution in [0.25, 0.3) is 10.9 Å². The van der Waals surface area contributed by atoms with Crippen molar-refractivity contribution in [1.82, 2.24) is 14.8 Å². The molecule has 0 unspecified atom stereocenters. The molecule has 2 N–H and O–H groups in total. The molecule has 0 saturated heterocycles. The molecular weight excluding hydrogens is 442 g/mol. The third-order valence-electron chi connectivity index (χ3n) is 4.75.